The van der Waals surface area contributed by atoms with Gasteiger partial charge in [-0.3, -0.25) is 0 Å². The Hall–Kier alpha value is -0.860. The molecule has 0 amide bonds. The highest BCUT2D eigenvalue weighted by molar-refractivity contribution is 9.10. The lowest BCUT2D eigenvalue weighted by molar-refractivity contribution is 1.13. The summed E-state index contributed by atoms with van der Waals surface area (Å²) in [7, 11) is 0. The zero-order valence-corrected chi connectivity index (χ0v) is 14.7. The SMILES string of the molecule is Brc1cccc(C2=C=C(c3ccccc3)SCCCS2)c1. The van der Waals surface area contributed by atoms with Crippen molar-refractivity contribution in [3.05, 3.63) is 75.9 Å². The van der Waals surface area contributed by atoms with E-state index >= 15 is 0 Å². The summed E-state index contributed by atoms with van der Waals surface area (Å²) in [6.45, 7) is 0. The van der Waals surface area contributed by atoms with Crippen LogP contribution < -0.4 is 0 Å². The van der Waals surface area contributed by atoms with Gasteiger partial charge in [0.25, 0.3) is 0 Å². The molecule has 0 radical (unpaired) electrons. The number of halogens is 1. The fourth-order valence-electron chi connectivity index (χ4n) is 2.11. The Kier molecular flexibility index (Phi) is 5.32. The van der Waals surface area contributed by atoms with Crippen molar-refractivity contribution in [2.75, 3.05) is 11.5 Å². The van der Waals surface area contributed by atoms with Crippen molar-refractivity contribution in [2.45, 2.75) is 6.42 Å². The van der Waals surface area contributed by atoms with Gasteiger partial charge in [-0.05, 0) is 41.2 Å². The van der Waals surface area contributed by atoms with Crippen molar-refractivity contribution in [1.29, 1.82) is 0 Å². The van der Waals surface area contributed by atoms with Crippen molar-refractivity contribution in [3.8, 4) is 0 Å². The third-order valence-corrected chi connectivity index (χ3v) is 5.86. The van der Waals surface area contributed by atoms with Crippen molar-refractivity contribution in [1.82, 2.24) is 0 Å². The van der Waals surface area contributed by atoms with Gasteiger partial charge in [-0.15, -0.1) is 23.5 Å². The van der Waals surface area contributed by atoms with Gasteiger partial charge in [0, 0.05) is 4.47 Å². The first kappa shape index (κ1) is 15.1. The van der Waals surface area contributed by atoms with E-state index in [0.717, 1.165) is 16.0 Å². The average Bonchev–Trinajstić information content (AvgIpc) is 2.48. The molecule has 0 N–H and O–H groups in total. The number of thioether (sulfide) groups is 2. The molecule has 2 aromatic rings. The van der Waals surface area contributed by atoms with Gasteiger partial charge < -0.3 is 0 Å². The molecular formula is C18H15BrS2. The number of hydrogen-bond donors (Lipinski definition) is 0. The number of benzene rings is 2. The first-order valence-corrected chi connectivity index (χ1v) is 9.67. The topological polar surface area (TPSA) is 0 Å². The highest BCUT2D eigenvalue weighted by Crippen LogP contribution is 2.36. The maximum atomic E-state index is 3.65. The van der Waals surface area contributed by atoms with E-state index in [-0.39, 0.29) is 0 Å². The summed E-state index contributed by atoms with van der Waals surface area (Å²) in [5, 5.41) is 0. The smallest absolute Gasteiger partial charge is 0.0577 e. The zero-order chi connectivity index (χ0) is 14.5. The molecule has 0 saturated carbocycles. The Labute approximate surface area is 142 Å². The summed E-state index contributed by atoms with van der Waals surface area (Å²) >= 11 is 7.38. The van der Waals surface area contributed by atoms with Gasteiger partial charge in [0.1, 0.15) is 0 Å². The predicted octanol–water partition coefficient (Wildman–Crippen LogP) is 6.30. The molecule has 21 heavy (non-hydrogen) atoms. The van der Waals surface area contributed by atoms with Gasteiger partial charge in [0.05, 0.1) is 9.81 Å². The maximum absolute atomic E-state index is 3.65. The molecular weight excluding hydrogens is 360 g/mol. The van der Waals surface area contributed by atoms with E-state index in [2.05, 4.69) is 76.3 Å². The molecule has 3 heteroatoms. The molecule has 0 aliphatic carbocycles. The lowest BCUT2D eigenvalue weighted by atomic mass is 10.2. The van der Waals surface area contributed by atoms with Crippen LogP contribution in [0.5, 0.6) is 0 Å². The second-order valence-electron chi connectivity index (χ2n) is 4.71. The molecule has 2 aromatic carbocycles. The molecule has 106 valence electrons. The molecule has 0 fully saturated rings. The monoisotopic (exact) mass is 374 g/mol. The molecule has 0 unspecified atom stereocenters. The van der Waals surface area contributed by atoms with Crippen molar-refractivity contribution < 1.29 is 0 Å². The summed E-state index contributed by atoms with van der Waals surface area (Å²) in [4.78, 5) is 2.49. The Morgan fingerprint density at radius 3 is 2.19 bits per heavy atom. The standard InChI is InChI=1S/C18H15BrS2/c19-16-9-4-8-15(12-16)18-13-17(20-10-5-11-21-18)14-6-2-1-3-7-14/h1-4,6-9,12H,5,10-11H2. The first-order chi connectivity index (χ1) is 10.3. The normalized spacial score (nSPS) is 15.7. The minimum absolute atomic E-state index is 1.12. The van der Waals surface area contributed by atoms with Gasteiger partial charge in [0.15, 0.2) is 0 Å². The molecule has 0 bridgehead atoms. The highest BCUT2D eigenvalue weighted by atomic mass is 79.9. The largest absolute Gasteiger partial charge is 0.117 e. The molecule has 0 atom stereocenters. The van der Waals surface area contributed by atoms with E-state index in [0.29, 0.717) is 0 Å². The minimum atomic E-state index is 1.12. The van der Waals surface area contributed by atoms with Gasteiger partial charge >= 0.3 is 0 Å². The van der Waals surface area contributed by atoms with E-state index < -0.39 is 0 Å². The van der Waals surface area contributed by atoms with E-state index in [1.807, 2.05) is 23.5 Å². The fourth-order valence-corrected chi connectivity index (χ4v) is 4.69. The third kappa shape index (κ3) is 4.08. The first-order valence-electron chi connectivity index (χ1n) is 6.91. The molecule has 3 rings (SSSR count). The van der Waals surface area contributed by atoms with Crippen LogP contribution in [-0.4, -0.2) is 11.5 Å². The fraction of sp³-hybridized carbons (Fsp3) is 0.167. The van der Waals surface area contributed by atoms with Crippen LogP contribution in [0, 0.1) is 0 Å². The molecule has 1 aliphatic rings. The van der Waals surface area contributed by atoms with Crippen LogP contribution >= 0.6 is 39.5 Å². The van der Waals surface area contributed by atoms with Crippen molar-refractivity contribution in [2.24, 2.45) is 0 Å². The van der Waals surface area contributed by atoms with Crippen LogP contribution in [0.4, 0.5) is 0 Å². The lowest BCUT2D eigenvalue weighted by Gasteiger charge is -2.12. The van der Waals surface area contributed by atoms with Gasteiger partial charge in [-0.2, -0.15) is 0 Å². The Bertz CT molecular complexity index is 685. The number of hydrogen-bond acceptors (Lipinski definition) is 2. The summed E-state index contributed by atoms with van der Waals surface area (Å²) < 4.78 is 1.12. The van der Waals surface area contributed by atoms with Gasteiger partial charge in [-0.1, -0.05) is 64.1 Å². The summed E-state index contributed by atoms with van der Waals surface area (Å²) in [6, 6.07) is 19.1. The van der Waals surface area contributed by atoms with E-state index in [1.54, 1.807) is 0 Å². The van der Waals surface area contributed by atoms with Crippen LogP contribution in [0.25, 0.3) is 9.81 Å². The lowest BCUT2D eigenvalue weighted by Crippen LogP contribution is -1.91. The van der Waals surface area contributed by atoms with Gasteiger partial charge in [0.2, 0.25) is 0 Å². The van der Waals surface area contributed by atoms with Crippen LogP contribution in [0.2, 0.25) is 0 Å². The average molecular weight is 375 g/mol. The second kappa shape index (κ2) is 7.42. The van der Waals surface area contributed by atoms with Gasteiger partial charge in [-0.25, -0.2) is 0 Å². The van der Waals surface area contributed by atoms with Crippen LogP contribution in [-0.2, 0) is 0 Å². The molecule has 0 aromatic heterocycles. The highest BCUT2D eigenvalue weighted by Gasteiger charge is 2.09. The van der Waals surface area contributed by atoms with Crippen molar-refractivity contribution >= 4 is 49.3 Å². The molecule has 0 saturated heterocycles. The van der Waals surface area contributed by atoms with E-state index in [9.17, 15) is 0 Å². The van der Waals surface area contributed by atoms with Crippen LogP contribution in [0.1, 0.15) is 17.5 Å². The zero-order valence-electron chi connectivity index (χ0n) is 11.5. The Balaban J connectivity index is 2.11. The summed E-state index contributed by atoms with van der Waals surface area (Å²) in [6.07, 6.45) is 1.23. The third-order valence-electron chi connectivity index (χ3n) is 3.13. The molecule has 0 spiro atoms. The Morgan fingerprint density at radius 2 is 1.48 bits per heavy atom. The quantitative estimate of drug-likeness (QED) is 0.565. The summed E-state index contributed by atoms with van der Waals surface area (Å²) in [5.41, 5.74) is 6.16. The van der Waals surface area contributed by atoms with Crippen LogP contribution in [0.3, 0.4) is 0 Å². The molecule has 1 heterocycles. The predicted molar refractivity (Wildman–Crippen MR) is 100 cm³/mol. The molecule has 1 aliphatic heterocycles. The second-order valence-corrected chi connectivity index (χ2v) is 7.84. The summed E-state index contributed by atoms with van der Waals surface area (Å²) in [5.74, 6) is 2.32. The maximum Gasteiger partial charge on any atom is 0.0577 e. The Morgan fingerprint density at radius 1 is 0.810 bits per heavy atom. The van der Waals surface area contributed by atoms with Crippen LogP contribution in [0.15, 0.2) is 64.8 Å². The minimum Gasteiger partial charge on any atom is -0.117 e. The van der Waals surface area contributed by atoms with E-state index in [4.69, 9.17) is 0 Å². The van der Waals surface area contributed by atoms with Crippen molar-refractivity contribution in [3.63, 3.8) is 0 Å². The molecule has 0 nitrogen and oxygen atoms in total. The van der Waals surface area contributed by atoms with E-state index in [1.165, 1.54) is 27.4 Å². The number of rotatable bonds is 2.